The monoisotopic (exact) mass is 1290 g/mol. The first-order valence-corrected chi connectivity index (χ1v) is 27.2. The van der Waals surface area contributed by atoms with Gasteiger partial charge in [0.1, 0.15) is 17.9 Å². The molecule has 0 atom stereocenters. The quantitative estimate of drug-likeness (QED) is 0.0181. The molecule has 0 spiro atoms. The summed E-state index contributed by atoms with van der Waals surface area (Å²) < 4.78 is 26.9. The Balaban J connectivity index is 0.000000551. The van der Waals surface area contributed by atoms with Gasteiger partial charge in [-0.3, -0.25) is 45.3 Å². The van der Waals surface area contributed by atoms with Gasteiger partial charge >= 0.3 is 35.8 Å². The van der Waals surface area contributed by atoms with E-state index in [4.69, 9.17) is 29.9 Å². The lowest BCUT2D eigenvalue weighted by Crippen LogP contribution is -2.03. The zero-order valence-electron chi connectivity index (χ0n) is 50.9. The lowest BCUT2D eigenvalue weighted by molar-refractivity contribution is -0.385. The SMILES string of the molecule is CCC(=Cc1ccc([N+](=O)[O-])cc1)C(=O)O.CCOC(=O)C=Cc1cccc([N+](=O)[O-])c1.CCOC(=O)c1ccccc1.COc1ccc(C=CC(=O)O)cc1.Cc1ccc(F)cc1C(=O)O.O=C(O)C=Cc1ccc([N+](=O)[O-])cc1.O=CC=Cc1ccc([N+](=O)[O-])cc1. The second kappa shape index (κ2) is 44.5. The molecule has 94 heavy (non-hydrogen) atoms. The summed E-state index contributed by atoms with van der Waals surface area (Å²) in [4.78, 5) is 113. The number of rotatable bonds is 20. The molecule has 0 fully saturated rings. The van der Waals surface area contributed by atoms with Gasteiger partial charge in [-0.2, -0.15) is 0 Å². The summed E-state index contributed by atoms with van der Waals surface area (Å²) in [6, 6.07) is 43.1. The Morgan fingerprint density at radius 3 is 1.34 bits per heavy atom. The van der Waals surface area contributed by atoms with Crippen molar-refractivity contribution in [1.82, 2.24) is 0 Å². The van der Waals surface area contributed by atoms with Gasteiger partial charge in [0, 0.05) is 72.3 Å². The molecule has 7 aromatic rings. The number of nitro groups is 4. The fraction of sp³-hybridized carbons (Fsp3) is 0.119. The van der Waals surface area contributed by atoms with Crippen molar-refractivity contribution in [2.24, 2.45) is 0 Å². The number of carbonyl (C=O) groups is 7. The number of carboxylic acids is 4. The molecule has 0 unspecified atom stereocenters. The van der Waals surface area contributed by atoms with Gasteiger partial charge in [-0.25, -0.2) is 33.2 Å². The summed E-state index contributed by atoms with van der Waals surface area (Å²) >= 11 is 0. The molecule has 0 aliphatic carbocycles. The summed E-state index contributed by atoms with van der Waals surface area (Å²) in [7, 11) is 1.59. The van der Waals surface area contributed by atoms with Crippen LogP contribution >= 0.6 is 0 Å². The molecule has 0 heterocycles. The van der Waals surface area contributed by atoms with Crippen LogP contribution in [0.2, 0.25) is 0 Å². The number of halogens is 1. The summed E-state index contributed by atoms with van der Waals surface area (Å²) in [6.07, 6.45) is 13.2. The highest BCUT2D eigenvalue weighted by molar-refractivity contribution is 5.92. The third-order valence-electron chi connectivity index (χ3n) is 11.1. The molecule has 7 aromatic carbocycles. The van der Waals surface area contributed by atoms with Gasteiger partial charge in [0.2, 0.25) is 0 Å². The van der Waals surface area contributed by atoms with Crippen molar-refractivity contribution in [1.29, 1.82) is 0 Å². The number of ether oxygens (including phenoxy) is 3. The number of methoxy groups -OCH3 is 1. The van der Waals surface area contributed by atoms with E-state index >= 15 is 0 Å². The maximum absolute atomic E-state index is 12.4. The molecule has 0 aromatic heterocycles. The Morgan fingerprint density at radius 2 is 0.947 bits per heavy atom. The standard InChI is InChI=1S/2C11H11NO4.C10H10O3.C9H7NO4.C9H7NO3.C9H10O2.C8H7FO2/c1-2-9(11(13)14)7-8-3-5-10(6-4-8)12(15)16;1-2-16-11(13)7-6-9-4-3-5-10(8-9)12(14)15;1-13-9-5-2-8(3-6-9)4-7-10(11)12;11-9(12)6-3-7-1-4-8(5-2-7)10(13)14;11-7-1-2-8-3-5-9(6-4-8)10(12)13;1-2-11-9(10)8-6-4-3-5-7-8;1-5-2-3-6(9)4-7(5)8(10)11/h3-7H,2H2,1H3,(H,13,14);3-8H,2H2,1H3;2-7H,1H3,(H,11,12);1-6H,(H,11,12);1-7H;3-7H,2H2,1H3;2-4H,1H3,(H,10,11). The van der Waals surface area contributed by atoms with E-state index < -0.39 is 55.4 Å². The molecule has 0 amide bonds. The number of aryl methyl sites for hydroxylation is 1. The van der Waals surface area contributed by atoms with Crippen LogP contribution in [0.15, 0.2) is 200 Å². The highest BCUT2D eigenvalue weighted by Gasteiger charge is 2.10. The van der Waals surface area contributed by atoms with Crippen LogP contribution in [0.3, 0.4) is 0 Å². The lowest BCUT2D eigenvalue weighted by Gasteiger charge is -1.99. The molecule has 4 N–H and O–H groups in total. The number of carboxylic acid groups (broad SMARTS) is 4. The average Bonchev–Trinajstić information content (AvgIpc) is 1.13. The highest BCUT2D eigenvalue weighted by atomic mass is 19.1. The van der Waals surface area contributed by atoms with Crippen molar-refractivity contribution in [2.45, 2.75) is 34.1 Å². The van der Waals surface area contributed by atoms with E-state index in [2.05, 4.69) is 4.74 Å². The van der Waals surface area contributed by atoms with Gasteiger partial charge in [-0.15, -0.1) is 0 Å². The minimum Gasteiger partial charge on any atom is -0.497 e. The van der Waals surface area contributed by atoms with Crippen LogP contribution in [-0.4, -0.2) is 103 Å². The van der Waals surface area contributed by atoms with Crippen molar-refractivity contribution in [3.8, 4) is 5.75 Å². The van der Waals surface area contributed by atoms with Gasteiger partial charge in [-0.05, 0) is 164 Å². The van der Waals surface area contributed by atoms with E-state index in [0.29, 0.717) is 53.7 Å². The Labute approximate surface area is 536 Å². The van der Waals surface area contributed by atoms with Crippen LogP contribution in [-0.2, 0) is 33.4 Å². The number of hydrogen-bond donors (Lipinski definition) is 4. The topological polar surface area (TPSA) is 401 Å². The van der Waals surface area contributed by atoms with Crippen molar-refractivity contribution in [3.63, 3.8) is 0 Å². The number of benzene rings is 7. The van der Waals surface area contributed by atoms with Crippen molar-refractivity contribution >= 4 is 95.2 Å². The zero-order valence-corrected chi connectivity index (χ0v) is 50.9. The van der Waals surface area contributed by atoms with Crippen LogP contribution in [0.1, 0.15) is 81.3 Å². The number of carbonyl (C=O) groups excluding carboxylic acids is 3. The van der Waals surface area contributed by atoms with E-state index in [-0.39, 0.29) is 39.9 Å². The van der Waals surface area contributed by atoms with E-state index in [1.54, 1.807) is 102 Å². The number of aldehydes is 1. The molecule has 490 valence electrons. The molecule has 0 aliphatic heterocycles. The maximum Gasteiger partial charge on any atom is 0.338 e. The fourth-order valence-corrected chi connectivity index (χ4v) is 6.53. The molecular formula is C67H63FN4O22. The largest absolute Gasteiger partial charge is 0.497 e. The zero-order chi connectivity index (χ0) is 70.5. The lowest BCUT2D eigenvalue weighted by atomic mass is 10.1. The summed E-state index contributed by atoms with van der Waals surface area (Å²) in [5.74, 6) is -4.55. The molecule has 0 saturated heterocycles. The third-order valence-corrected chi connectivity index (χ3v) is 11.1. The van der Waals surface area contributed by atoms with E-state index in [1.165, 1.54) is 121 Å². The maximum atomic E-state index is 12.4. The molecular weight excluding hydrogens is 1230 g/mol. The Kier molecular flexibility index (Phi) is 37.4. The summed E-state index contributed by atoms with van der Waals surface area (Å²) in [6.45, 7) is 7.60. The predicted octanol–water partition coefficient (Wildman–Crippen LogP) is 13.6. The number of hydrogen-bond acceptors (Lipinski definition) is 18. The van der Waals surface area contributed by atoms with Crippen LogP contribution in [0.25, 0.3) is 30.4 Å². The minimum atomic E-state index is -1.10. The number of aromatic carboxylic acids is 1. The Hall–Kier alpha value is -12.9. The van der Waals surface area contributed by atoms with Gasteiger partial charge in [0.15, 0.2) is 0 Å². The van der Waals surface area contributed by atoms with Crippen molar-refractivity contribution < 1.29 is 92.3 Å². The Morgan fingerprint density at radius 1 is 0.500 bits per heavy atom. The van der Waals surface area contributed by atoms with Crippen LogP contribution in [0, 0.1) is 53.2 Å². The second-order valence-corrected chi connectivity index (χ2v) is 17.8. The molecule has 0 bridgehead atoms. The first-order valence-electron chi connectivity index (χ1n) is 27.2. The minimum absolute atomic E-state index is 0.00833. The number of non-ortho nitro benzene ring substituents is 4. The molecule has 0 saturated carbocycles. The van der Waals surface area contributed by atoms with E-state index in [9.17, 15) is 78.4 Å². The van der Waals surface area contributed by atoms with Gasteiger partial charge in [0.05, 0.1) is 51.1 Å². The summed E-state index contributed by atoms with van der Waals surface area (Å²) in [5, 5.41) is 75.4. The highest BCUT2D eigenvalue weighted by Crippen LogP contribution is 2.18. The summed E-state index contributed by atoms with van der Waals surface area (Å²) in [5.41, 5.74) is 4.91. The Bertz CT molecular complexity index is 3810. The fourth-order valence-electron chi connectivity index (χ4n) is 6.53. The molecule has 7 rings (SSSR count). The van der Waals surface area contributed by atoms with Gasteiger partial charge in [0.25, 0.3) is 22.7 Å². The molecule has 0 aliphatic rings. The first-order chi connectivity index (χ1) is 44.7. The predicted molar refractivity (Wildman–Crippen MR) is 346 cm³/mol. The number of nitro benzene ring substituents is 4. The van der Waals surface area contributed by atoms with E-state index in [1.807, 2.05) is 18.2 Å². The first kappa shape index (κ1) is 79.1. The number of esters is 2. The van der Waals surface area contributed by atoms with E-state index in [0.717, 1.165) is 35.1 Å². The van der Waals surface area contributed by atoms with Gasteiger partial charge < -0.3 is 34.6 Å². The normalized spacial score (nSPS) is 10.2. The number of nitrogens with zero attached hydrogens (tertiary/aromatic N) is 4. The molecule has 27 heteroatoms. The number of allylic oxidation sites excluding steroid dienone is 1. The van der Waals surface area contributed by atoms with Crippen LogP contribution < -0.4 is 4.74 Å². The molecule has 26 nitrogen and oxygen atoms in total. The van der Waals surface area contributed by atoms with Crippen molar-refractivity contribution in [2.75, 3.05) is 20.3 Å². The van der Waals surface area contributed by atoms with Crippen LogP contribution in [0.4, 0.5) is 27.1 Å². The molecule has 0 radical (unpaired) electrons. The number of aliphatic carboxylic acids is 3. The average molecular weight is 1300 g/mol. The third kappa shape index (κ3) is 34.0. The second-order valence-electron chi connectivity index (χ2n) is 17.8. The van der Waals surface area contributed by atoms with Gasteiger partial charge in [-0.1, -0.05) is 61.5 Å². The van der Waals surface area contributed by atoms with Crippen molar-refractivity contribution in [3.05, 3.63) is 291 Å². The smallest absolute Gasteiger partial charge is 0.338 e. The van der Waals surface area contributed by atoms with Crippen LogP contribution in [0.5, 0.6) is 5.75 Å².